The summed E-state index contributed by atoms with van der Waals surface area (Å²) < 4.78 is 6.68. The fourth-order valence-corrected chi connectivity index (χ4v) is 3.58. The molecule has 1 saturated heterocycles. The molecular weight excluding hydrogens is 401 g/mol. The number of benzene rings is 2. The molecule has 1 heterocycles. The number of ether oxygens (including phenoxy) is 1. The molecule has 1 unspecified atom stereocenters. The van der Waals surface area contributed by atoms with Crippen molar-refractivity contribution in [3.8, 4) is 0 Å². The molecule has 0 aliphatic carbocycles. The summed E-state index contributed by atoms with van der Waals surface area (Å²) in [5.41, 5.74) is 2.37. The molecule has 0 N–H and O–H groups in total. The Kier molecular flexibility index (Phi) is 5.54. The second kappa shape index (κ2) is 7.81. The minimum atomic E-state index is -0.195. The molecular formula is C19H20INO2. The SMILES string of the molecule is O=C(OCc1ccccc1)N1CCC(Cc2cccc(I)c2)C1. The molecule has 120 valence electrons. The van der Waals surface area contributed by atoms with Gasteiger partial charge < -0.3 is 9.64 Å². The van der Waals surface area contributed by atoms with Crippen molar-refractivity contribution in [2.24, 2.45) is 5.92 Å². The average molecular weight is 421 g/mol. The maximum Gasteiger partial charge on any atom is 0.410 e. The maximum absolute atomic E-state index is 12.2. The lowest BCUT2D eigenvalue weighted by atomic mass is 9.99. The highest BCUT2D eigenvalue weighted by molar-refractivity contribution is 14.1. The summed E-state index contributed by atoms with van der Waals surface area (Å²) in [5.74, 6) is 0.525. The predicted octanol–water partition coefficient (Wildman–Crippen LogP) is 4.49. The first-order valence-corrected chi connectivity index (χ1v) is 8.98. The van der Waals surface area contributed by atoms with E-state index in [1.807, 2.05) is 35.2 Å². The summed E-state index contributed by atoms with van der Waals surface area (Å²) in [7, 11) is 0. The average Bonchev–Trinajstić information content (AvgIpc) is 3.02. The molecule has 1 fully saturated rings. The van der Waals surface area contributed by atoms with E-state index < -0.39 is 0 Å². The Morgan fingerprint density at radius 1 is 1.13 bits per heavy atom. The van der Waals surface area contributed by atoms with Gasteiger partial charge in [0.2, 0.25) is 0 Å². The number of hydrogen-bond donors (Lipinski definition) is 0. The van der Waals surface area contributed by atoms with Crippen LogP contribution in [0.1, 0.15) is 17.5 Å². The van der Waals surface area contributed by atoms with Crippen LogP contribution in [0, 0.1) is 9.49 Å². The van der Waals surface area contributed by atoms with Crippen LogP contribution in [-0.2, 0) is 17.8 Å². The third-order valence-electron chi connectivity index (χ3n) is 4.16. The largest absolute Gasteiger partial charge is 0.445 e. The molecule has 1 amide bonds. The second-order valence-corrected chi connectivity index (χ2v) is 7.22. The van der Waals surface area contributed by atoms with Gasteiger partial charge >= 0.3 is 6.09 Å². The van der Waals surface area contributed by atoms with E-state index in [-0.39, 0.29) is 6.09 Å². The molecule has 0 radical (unpaired) electrons. The first kappa shape index (κ1) is 16.3. The molecule has 2 aromatic rings. The number of rotatable bonds is 4. The molecule has 0 aromatic heterocycles. The smallest absolute Gasteiger partial charge is 0.410 e. The normalized spacial score (nSPS) is 17.3. The van der Waals surface area contributed by atoms with Gasteiger partial charge in [0.25, 0.3) is 0 Å². The predicted molar refractivity (Wildman–Crippen MR) is 99.2 cm³/mol. The van der Waals surface area contributed by atoms with E-state index in [2.05, 4.69) is 46.9 Å². The molecule has 1 atom stereocenters. The molecule has 0 spiro atoms. The summed E-state index contributed by atoms with van der Waals surface area (Å²) in [4.78, 5) is 14.0. The van der Waals surface area contributed by atoms with Gasteiger partial charge in [-0.05, 0) is 64.6 Å². The van der Waals surface area contributed by atoms with Crippen molar-refractivity contribution >= 4 is 28.7 Å². The minimum absolute atomic E-state index is 0.195. The number of carbonyl (C=O) groups is 1. The highest BCUT2D eigenvalue weighted by Crippen LogP contribution is 2.22. The summed E-state index contributed by atoms with van der Waals surface area (Å²) in [6.07, 6.45) is 1.88. The zero-order valence-electron chi connectivity index (χ0n) is 13.0. The number of hydrogen-bond acceptors (Lipinski definition) is 2. The summed E-state index contributed by atoms with van der Waals surface area (Å²) in [5, 5.41) is 0. The number of halogens is 1. The maximum atomic E-state index is 12.2. The summed E-state index contributed by atoms with van der Waals surface area (Å²) >= 11 is 2.34. The molecule has 0 saturated carbocycles. The van der Waals surface area contributed by atoms with Crippen molar-refractivity contribution in [1.29, 1.82) is 0 Å². The van der Waals surface area contributed by atoms with E-state index in [1.54, 1.807) is 0 Å². The lowest BCUT2D eigenvalue weighted by Gasteiger charge is -2.16. The molecule has 0 bridgehead atoms. The summed E-state index contributed by atoms with van der Waals surface area (Å²) in [6.45, 7) is 1.93. The van der Waals surface area contributed by atoms with Gasteiger partial charge in [-0.1, -0.05) is 42.5 Å². The van der Waals surface area contributed by atoms with Gasteiger partial charge in [0.15, 0.2) is 0 Å². The lowest BCUT2D eigenvalue weighted by molar-refractivity contribution is 0.103. The van der Waals surface area contributed by atoms with Crippen LogP contribution in [0.2, 0.25) is 0 Å². The highest BCUT2D eigenvalue weighted by Gasteiger charge is 2.27. The monoisotopic (exact) mass is 421 g/mol. The second-order valence-electron chi connectivity index (χ2n) is 5.97. The Bertz CT molecular complexity index is 659. The van der Waals surface area contributed by atoms with Crippen molar-refractivity contribution in [2.75, 3.05) is 13.1 Å². The minimum Gasteiger partial charge on any atom is -0.445 e. The van der Waals surface area contributed by atoms with E-state index in [9.17, 15) is 4.79 Å². The molecule has 23 heavy (non-hydrogen) atoms. The van der Waals surface area contributed by atoms with Gasteiger partial charge in [0, 0.05) is 16.7 Å². The third kappa shape index (κ3) is 4.70. The van der Waals surface area contributed by atoms with E-state index in [0.717, 1.165) is 31.5 Å². The number of carbonyl (C=O) groups excluding carboxylic acids is 1. The van der Waals surface area contributed by atoms with Crippen LogP contribution in [-0.4, -0.2) is 24.1 Å². The molecule has 1 aliphatic rings. The van der Waals surface area contributed by atoms with E-state index in [4.69, 9.17) is 4.74 Å². The van der Waals surface area contributed by atoms with Crippen LogP contribution in [0.25, 0.3) is 0 Å². The standard InChI is InChI=1S/C19H20INO2/c20-18-8-4-7-16(12-18)11-17-9-10-21(13-17)19(22)23-14-15-5-2-1-3-6-15/h1-8,12,17H,9-11,13-14H2. The van der Waals surface area contributed by atoms with Crippen molar-refractivity contribution in [3.05, 3.63) is 69.3 Å². The Labute approximate surface area is 150 Å². The molecule has 3 nitrogen and oxygen atoms in total. The molecule has 3 rings (SSSR count). The molecule has 1 aliphatic heterocycles. The van der Waals surface area contributed by atoms with Gasteiger partial charge in [-0.3, -0.25) is 0 Å². The van der Waals surface area contributed by atoms with E-state index in [1.165, 1.54) is 9.13 Å². The number of amides is 1. The van der Waals surface area contributed by atoms with Crippen LogP contribution < -0.4 is 0 Å². The Morgan fingerprint density at radius 3 is 2.70 bits per heavy atom. The van der Waals surface area contributed by atoms with Crippen LogP contribution >= 0.6 is 22.6 Å². The van der Waals surface area contributed by atoms with Crippen LogP contribution in [0.3, 0.4) is 0 Å². The number of likely N-dealkylation sites (tertiary alicyclic amines) is 1. The zero-order chi connectivity index (χ0) is 16.1. The van der Waals surface area contributed by atoms with Gasteiger partial charge in [-0.25, -0.2) is 4.79 Å². The van der Waals surface area contributed by atoms with Gasteiger partial charge in [0.1, 0.15) is 6.61 Å². The summed E-state index contributed by atoms with van der Waals surface area (Å²) in [6, 6.07) is 18.4. The van der Waals surface area contributed by atoms with Crippen molar-refractivity contribution in [1.82, 2.24) is 4.90 Å². The zero-order valence-corrected chi connectivity index (χ0v) is 15.1. The van der Waals surface area contributed by atoms with Crippen molar-refractivity contribution < 1.29 is 9.53 Å². The fourth-order valence-electron chi connectivity index (χ4n) is 2.97. The molecule has 2 aromatic carbocycles. The van der Waals surface area contributed by atoms with Crippen LogP contribution in [0.5, 0.6) is 0 Å². The lowest BCUT2D eigenvalue weighted by Crippen LogP contribution is -2.29. The first-order valence-electron chi connectivity index (χ1n) is 7.91. The van der Waals surface area contributed by atoms with Crippen LogP contribution in [0.4, 0.5) is 4.79 Å². The Morgan fingerprint density at radius 2 is 1.91 bits per heavy atom. The van der Waals surface area contributed by atoms with Gasteiger partial charge in [-0.15, -0.1) is 0 Å². The molecule has 4 heteroatoms. The fraction of sp³-hybridized carbons (Fsp3) is 0.316. The van der Waals surface area contributed by atoms with E-state index in [0.29, 0.717) is 12.5 Å². The quantitative estimate of drug-likeness (QED) is 0.681. The topological polar surface area (TPSA) is 29.5 Å². The first-order chi connectivity index (χ1) is 11.2. The van der Waals surface area contributed by atoms with Crippen molar-refractivity contribution in [3.63, 3.8) is 0 Å². The number of nitrogens with zero attached hydrogens (tertiary/aromatic N) is 1. The van der Waals surface area contributed by atoms with Gasteiger partial charge in [-0.2, -0.15) is 0 Å². The highest BCUT2D eigenvalue weighted by atomic mass is 127. The van der Waals surface area contributed by atoms with E-state index >= 15 is 0 Å². The Hall–Kier alpha value is -1.56. The van der Waals surface area contributed by atoms with Crippen molar-refractivity contribution in [2.45, 2.75) is 19.4 Å². The Balaban J connectivity index is 1.48. The third-order valence-corrected chi connectivity index (χ3v) is 4.83. The van der Waals surface area contributed by atoms with Gasteiger partial charge in [0.05, 0.1) is 0 Å². The van der Waals surface area contributed by atoms with Crippen LogP contribution in [0.15, 0.2) is 54.6 Å².